The van der Waals surface area contributed by atoms with Crippen LogP contribution in [0.4, 0.5) is 8.78 Å². The number of nitrogens with zero attached hydrogens (tertiary/aromatic N) is 3. The minimum atomic E-state index is -0.854. The molecule has 0 aliphatic carbocycles. The van der Waals surface area contributed by atoms with Crippen molar-refractivity contribution in [3.63, 3.8) is 0 Å². The number of terminal acetylenes is 1. The quantitative estimate of drug-likeness (QED) is 0.506. The lowest BCUT2D eigenvalue weighted by Gasteiger charge is -2.44. The first kappa shape index (κ1) is 22.5. The zero-order valence-electron chi connectivity index (χ0n) is 19.0. The second kappa shape index (κ2) is 8.80. The van der Waals surface area contributed by atoms with E-state index in [1.807, 2.05) is 12.1 Å². The second-order valence-electron chi connectivity index (χ2n) is 8.53. The van der Waals surface area contributed by atoms with Gasteiger partial charge in [-0.1, -0.05) is 18.1 Å². The minimum Gasteiger partial charge on any atom is -0.508 e. The fourth-order valence-electron chi connectivity index (χ4n) is 4.71. The molecule has 0 bridgehead atoms. The van der Waals surface area contributed by atoms with Crippen LogP contribution < -0.4 is 0 Å². The van der Waals surface area contributed by atoms with Gasteiger partial charge in [0.2, 0.25) is 0 Å². The molecule has 174 valence electrons. The number of hydrogen-bond acceptors (Lipinski definition) is 5. The van der Waals surface area contributed by atoms with Gasteiger partial charge in [-0.15, -0.1) is 6.42 Å². The monoisotopic (exact) mass is 468 g/mol. The zero-order valence-corrected chi connectivity index (χ0v) is 19.0. The summed E-state index contributed by atoms with van der Waals surface area (Å²) in [6.45, 7) is 2.45. The number of phenolic OH excluding ortho intramolecular Hbond substituents is 1. The Morgan fingerprint density at radius 1 is 1.23 bits per heavy atom. The highest BCUT2D eigenvalue weighted by atomic mass is 19.1. The van der Waals surface area contributed by atoms with Crippen molar-refractivity contribution in [2.75, 3.05) is 6.54 Å². The molecule has 5 nitrogen and oxygen atoms in total. The van der Waals surface area contributed by atoms with Gasteiger partial charge in [0, 0.05) is 41.5 Å². The van der Waals surface area contributed by atoms with Crippen molar-refractivity contribution in [2.45, 2.75) is 25.8 Å². The molecule has 2 N–H and O–H groups in total. The molecule has 1 fully saturated rings. The van der Waals surface area contributed by atoms with Crippen LogP contribution in [0.1, 0.15) is 30.0 Å². The molecule has 2 aliphatic rings. The van der Waals surface area contributed by atoms with Gasteiger partial charge >= 0.3 is 0 Å². The number of hydrogen-bond donors (Lipinski definition) is 2. The van der Waals surface area contributed by atoms with Crippen LogP contribution in [0.25, 0.3) is 16.5 Å². The van der Waals surface area contributed by atoms with Crippen molar-refractivity contribution in [1.82, 2.24) is 9.88 Å². The summed E-state index contributed by atoms with van der Waals surface area (Å²) in [6.07, 6.45) is 12.4. The maximum atomic E-state index is 15.6. The largest absolute Gasteiger partial charge is 0.508 e. The van der Waals surface area contributed by atoms with Crippen LogP contribution in [0.3, 0.4) is 0 Å². The first-order chi connectivity index (χ1) is 16.9. The van der Waals surface area contributed by atoms with Crippen molar-refractivity contribution in [3.05, 3.63) is 88.8 Å². The van der Waals surface area contributed by atoms with E-state index in [0.717, 1.165) is 18.4 Å². The Bertz CT molecular complexity index is 1500. The highest BCUT2D eigenvalue weighted by Gasteiger charge is 2.37. The Balaban J connectivity index is 1.66. The van der Waals surface area contributed by atoms with Gasteiger partial charge in [0.05, 0.1) is 5.56 Å². The van der Waals surface area contributed by atoms with Crippen LogP contribution in [0.5, 0.6) is 5.75 Å². The molecule has 0 spiro atoms. The number of likely N-dealkylation sites (tertiary alicyclic amines) is 1. The topological polar surface area (TPSA) is 72.6 Å². The van der Waals surface area contributed by atoms with Gasteiger partial charge in [-0.3, -0.25) is 10.4 Å². The number of pyridine rings is 1. The average molecular weight is 469 g/mol. The highest BCUT2D eigenvalue weighted by molar-refractivity contribution is 6.33. The van der Waals surface area contributed by atoms with Gasteiger partial charge < -0.3 is 10.0 Å². The molecule has 1 unspecified atom stereocenters. The number of aromatic nitrogens is 1. The van der Waals surface area contributed by atoms with Crippen LogP contribution in [-0.4, -0.2) is 39.1 Å². The van der Waals surface area contributed by atoms with Gasteiger partial charge in [-0.25, -0.2) is 13.8 Å². The van der Waals surface area contributed by atoms with Crippen molar-refractivity contribution in [3.8, 4) is 18.1 Å². The van der Waals surface area contributed by atoms with Crippen LogP contribution in [0.2, 0.25) is 0 Å². The molecule has 3 heterocycles. The van der Waals surface area contributed by atoms with E-state index in [1.165, 1.54) is 24.3 Å². The molecule has 0 amide bonds. The number of amidine groups is 1. The minimum absolute atomic E-state index is 0.0441. The van der Waals surface area contributed by atoms with E-state index in [2.05, 4.69) is 20.8 Å². The fourth-order valence-corrected chi connectivity index (χ4v) is 4.71. The van der Waals surface area contributed by atoms with Gasteiger partial charge in [0.1, 0.15) is 28.8 Å². The molecule has 0 radical (unpaired) electrons. The lowest BCUT2D eigenvalue weighted by molar-refractivity contribution is 0.185. The average Bonchev–Trinajstić information content (AvgIpc) is 2.84. The van der Waals surface area contributed by atoms with Crippen LogP contribution in [-0.2, 0) is 6.42 Å². The van der Waals surface area contributed by atoms with Gasteiger partial charge in [0.15, 0.2) is 5.83 Å². The predicted octanol–water partition coefficient (Wildman–Crippen LogP) is 5.39. The third-order valence-corrected chi connectivity index (χ3v) is 6.53. The summed E-state index contributed by atoms with van der Waals surface area (Å²) in [7, 11) is 0. The maximum absolute atomic E-state index is 15.6. The van der Waals surface area contributed by atoms with Crippen molar-refractivity contribution >= 4 is 28.0 Å². The van der Waals surface area contributed by atoms with Gasteiger partial charge in [0.25, 0.3) is 0 Å². The van der Waals surface area contributed by atoms with E-state index >= 15 is 4.39 Å². The second-order valence-corrected chi connectivity index (χ2v) is 8.53. The third-order valence-electron chi connectivity index (χ3n) is 6.53. The lowest BCUT2D eigenvalue weighted by Crippen LogP contribution is -2.53. The summed E-state index contributed by atoms with van der Waals surface area (Å²) < 4.78 is 30.2. The number of rotatable bonds is 3. The Kier molecular flexibility index (Phi) is 5.65. The van der Waals surface area contributed by atoms with E-state index < -0.39 is 11.6 Å². The molecule has 3 aromatic rings. The summed E-state index contributed by atoms with van der Waals surface area (Å²) in [4.78, 5) is 10.8. The van der Waals surface area contributed by atoms with Crippen LogP contribution in [0, 0.1) is 23.6 Å². The summed E-state index contributed by atoms with van der Waals surface area (Å²) in [5, 5.41) is 19.6. The Morgan fingerprint density at radius 3 is 2.66 bits per heavy atom. The zero-order chi connectivity index (χ0) is 24.7. The predicted molar refractivity (Wildman–Crippen MR) is 134 cm³/mol. The molecule has 35 heavy (non-hydrogen) atoms. The molecule has 5 rings (SSSR count). The molecule has 7 heteroatoms. The molecular formula is C28H22F2N4O. The Hall–Kier alpha value is -4.31. The number of benzene rings is 2. The number of aliphatic imine (C=N–C) groups is 1. The van der Waals surface area contributed by atoms with Crippen molar-refractivity contribution in [1.29, 1.82) is 5.41 Å². The van der Waals surface area contributed by atoms with Gasteiger partial charge in [-0.2, -0.15) is 0 Å². The third kappa shape index (κ3) is 3.77. The summed E-state index contributed by atoms with van der Waals surface area (Å²) in [6, 6.07) is 9.48. The number of allylic oxidation sites excluding steroid dienone is 2. The Labute approximate surface area is 201 Å². The normalized spacial score (nSPS) is 19.1. The van der Waals surface area contributed by atoms with E-state index in [0.29, 0.717) is 23.3 Å². The molecule has 2 aromatic carbocycles. The van der Waals surface area contributed by atoms with E-state index in [4.69, 9.17) is 11.8 Å². The molecule has 0 saturated carbocycles. The molecule has 1 atom stereocenters. The number of phenols is 1. The van der Waals surface area contributed by atoms with E-state index in [-0.39, 0.29) is 39.7 Å². The van der Waals surface area contributed by atoms with Gasteiger partial charge in [-0.05, 0) is 61.0 Å². The first-order valence-corrected chi connectivity index (χ1v) is 11.2. The number of fused-ring (bicyclic) bond motifs is 1. The number of halogens is 2. The molecule has 1 saturated heterocycles. The first-order valence-electron chi connectivity index (χ1n) is 11.2. The number of nitrogens with one attached hydrogen (secondary N) is 1. The lowest BCUT2D eigenvalue weighted by atomic mass is 9.90. The van der Waals surface area contributed by atoms with Crippen molar-refractivity contribution in [2.24, 2.45) is 4.99 Å². The standard InChI is InChI=1S/C28H22F2N4O/c1-3-20-23(29)6-5-17-14-19(35)15-22(24(17)20)27-25(30)26(31)21(4-2)28(33-27)34-12-9-18(34)13-16-7-10-32-11-8-16/h1,4-8,10-11,14-15,18,31,35H,9,12-13H2,2H3/b21-4+,31-26?. The van der Waals surface area contributed by atoms with Crippen LogP contribution >= 0.6 is 0 Å². The summed E-state index contributed by atoms with van der Waals surface area (Å²) in [5.74, 6) is 1.21. The molecule has 2 aliphatic heterocycles. The van der Waals surface area contributed by atoms with E-state index in [9.17, 15) is 9.50 Å². The summed E-state index contributed by atoms with van der Waals surface area (Å²) in [5.41, 5.74) is 1.16. The molecule has 1 aromatic heterocycles. The maximum Gasteiger partial charge on any atom is 0.175 e. The van der Waals surface area contributed by atoms with E-state index in [1.54, 1.807) is 25.4 Å². The summed E-state index contributed by atoms with van der Waals surface area (Å²) >= 11 is 0. The smallest absolute Gasteiger partial charge is 0.175 e. The van der Waals surface area contributed by atoms with Crippen molar-refractivity contribution < 1.29 is 13.9 Å². The fraction of sp³-hybridized carbons (Fsp3) is 0.179. The molecular weight excluding hydrogens is 446 g/mol. The highest BCUT2D eigenvalue weighted by Crippen LogP contribution is 2.39. The SMILES string of the molecule is C#Cc1c(F)ccc2cc(O)cc(C3=C(F)C(=N)/C(=C\C)C(N4CCC4Cc4ccncc4)=N3)c12. The Morgan fingerprint density at radius 2 is 2.00 bits per heavy atom. The number of aromatic hydroxyl groups is 1. The van der Waals surface area contributed by atoms with Crippen LogP contribution in [0.15, 0.2) is 71.3 Å².